The molecule has 0 saturated carbocycles. The molecule has 0 aliphatic heterocycles. The highest BCUT2D eigenvalue weighted by Crippen LogP contribution is 2.30. The smallest absolute Gasteiger partial charge is 0.301 e. The van der Waals surface area contributed by atoms with Crippen LogP contribution in [0.5, 0.6) is 0 Å². The zero-order valence-electron chi connectivity index (χ0n) is 17.7. The predicted molar refractivity (Wildman–Crippen MR) is 122 cm³/mol. The van der Waals surface area contributed by atoms with E-state index in [-0.39, 0.29) is 11.4 Å². The molecule has 0 bridgehead atoms. The second kappa shape index (κ2) is 11.8. The summed E-state index contributed by atoms with van der Waals surface area (Å²) >= 11 is 0. The number of anilines is 2. The molecule has 0 saturated heterocycles. The fourth-order valence-electron chi connectivity index (χ4n) is 2.52. The molecule has 2 unspecified atom stereocenters. The highest BCUT2D eigenvalue weighted by Gasteiger charge is 2.23. The maximum atomic E-state index is 11.3. The lowest BCUT2D eigenvalue weighted by Gasteiger charge is -2.15. The minimum atomic E-state index is -1.92. The second-order valence-corrected chi connectivity index (χ2v) is 6.64. The molecule has 0 amide bonds. The summed E-state index contributed by atoms with van der Waals surface area (Å²) in [7, 11) is 0. The summed E-state index contributed by atoms with van der Waals surface area (Å²) in [6, 6.07) is 5.17. The van der Waals surface area contributed by atoms with Crippen molar-refractivity contribution in [1.82, 2.24) is 0 Å². The van der Waals surface area contributed by atoms with E-state index in [1.807, 2.05) is 0 Å². The van der Waals surface area contributed by atoms with Crippen molar-refractivity contribution < 1.29 is 35.0 Å². The molecule has 0 spiro atoms. The Balaban J connectivity index is 2.39. The van der Waals surface area contributed by atoms with Gasteiger partial charge in [0.1, 0.15) is 29.3 Å². The minimum absolute atomic E-state index is 0.294. The van der Waals surface area contributed by atoms with E-state index in [2.05, 4.69) is 21.1 Å². The number of rotatable bonds is 12. The fraction of sp³-hybridized carbons (Fsp3) is 0.176. The van der Waals surface area contributed by atoms with Crippen LogP contribution in [0, 0.1) is 40.5 Å². The lowest BCUT2D eigenvalue weighted by Crippen LogP contribution is -2.37. The molecule has 2 atom stereocenters. The monoisotopic (exact) mass is 508 g/mol. The molecule has 0 aliphatic rings. The van der Waals surface area contributed by atoms with E-state index >= 15 is 0 Å². The maximum absolute atomic E-state index is 11.3. The van der Waals surface area contributed by atoms with Gasteiger partial charge in [0.25, 0.3) is 11.4 Å². The van der Waals surface area contributed by atoms with Gasteiger partial charge in [0.15, 0.2) is 0 Å². The SMILES string of the molecule is O=[N+]([O-])c1ccc(NN=CC(=NNc2ccc([N+](=O)[O-])cc2[N+](=O)[O-])C(O)C(O)CO)c([N+](=O)[O-])c1. The van der Waals surface area contributed by atoms with Gasteiger partial charge >= 0.3 is 11.4 Å². The first-order valence-electron chi connectivity index (χ1n) is 9.41. The van der Waals surface area contributed by atoms with Gasteiger partial charge in [-0.05, 0) is 12.1 Å². The van der Waals surface area contributed by atoms with E-state index in [1.54, 1.807) is 0 Å². The first kappa shape index (κ1) is 27.1. The number of aliphatic hydroxyl groups excluding tert-OH is 3. The van der Waals surface area contributed by atoms with Gasteiger partial charge in [0.2, 0.25) is 0 Å². The van der Waals surface area contributed by atoms with E-state index in [9.17, 15) is 50.7 Å². The zero-order valence-corrected chi connectivity index (χ0v) is 17.7. The van der Waals surface area contributed by atoms with Crippen LogP contribution < -0.4 is 10.9 Å². The summed E-state index contributed by atoms with van der Waals surface area (Å²) < 4.78 is 0. The fourth-order valence-corrected chi connectivity index (χ4v) is 2.52. The molecular weight excluding hydrogens is 492 g/mol. The third-order valence-corrected chi connectivity index (χ3v) is 4.32. The van der Waals surface area contributed by atoms with Crippen molar-refractivity contribution in [2.75, 3.05) is 17.5 Å². The molecule has 0 aromatic heterocycles. The summed E-state index contributed by atoms with van der Waals surface area (Å²) in [6.07, 6.45) is -2.98. The average Bonchev–Trinajstić information content (AvgIpc) is 2.84. The number of nitro benzene ring substituents is 4. The normalized spacial score (nSPS) is 13.1. The molecule has 0 fully saturated rings. The maximum Gasteiger partial charge on any atom is 0.301 e. The van der Waals surface area contributed by atoms with Crippen molar-refractivity contribution in [2.24, 2.45) is 10.2 Å². The Morgan fingerprint density at radius 1 is 0.833 bits per heavy atom. The highest BCUT2D eigenvalue weighted by atomic mass is 16.6. The van der Waals surface area contributed by atoms with E-state index in [0.29, 0.717) is 12.1 Å². The quantitative estimate of drug-likeness (QED) is 0.151. The third-order valence-electron chi connectivity index (χ3n) is 4.32. The van der Waals surface area contributed by atoms with Crippen molar-refractivity contribution in [2.45, 2.75) is 12.2 Å². The first-order valence-corrected chi connectivity index (χ1v) is 9.41. The van der Waals surface area contributed by atoms with Crippen LogP contribution in [0.4, 0.5) is 34.1 Å². The van der Waals surface area contributed by atoms with Gasteiger partial charge in [0.05, 0.1) is 44.6 Å². The topological polar surface area (TPSA) is 282 Å². The molecule has 190 valence electrons. The number of hydrogen-bond donors (Lipinski definition) is 5. The first-order chi connectivity index (χ1) is 17.0. The summed E-state index contributed by atoms with van der Waals surface area (Å²) in [5.41, 5.74) is 0.612. The van der Waals surface area contributed by atoms with Crippen molar-refractivity contribution >= 4 is 46.1 Å². The van der Waals surface area contributed by atoms with Crippen LogP contribution >= 0.6 is 0 Å². The van der Waals surface area contributed by atoms with Crippen LogP contribution in [0.1, 0.15) is 0 Å². The molecule has 0 aliphatic carbocycles. The van der Waals surface area contributed by atoms with Crippen LogP contribution in [0.15, 0.2) is 46.6 Å². The lowest BCUT2D eigenvalue weighted by atomic mass is 10.1. The van der Waals surface area contributed by atoms with Gasteiger partial charge in [-0.2, -0.15) is 10.2 Å². The molecule has 19 heteroatoms. The van der Waals surface area contributed by atoms with E-state index in [0.717, 1.165) is 30.5 Å². The van der Waals surface area contributed by atoms with Crippen LogP contribution in [0.3, 0.4) is 0 Å². The highest BCUT2D eigenvalue weighted by molar-refractivity contribution is 6.33. The van der Waals surface area contributed by atoms with Gasteiger partial charge < -0.3 is 15.3 Å². The Bertz CT molecular complexity index is 1250. The molecule has 19 nitrogen and oxygen atoms in total. The summed E-state index contributed by atoms with van der Waals surface area (Å²) in [6.45, 7) is -0.938. The van der Waals surface area contributed by atoms with Crippen molar-refractivity contribution in [3.8, 4) is 0 Å². The number of non-ortho nitro benzene ring substituents is 2. The van der Waals surface area contributed by atoms with Crippen LogP contribution in [-0.4, -0.2) is 65.8 Å². The Kier molecular flexibility index (Phi) is 8.90. The van der Waals surface area contributed by atoms with Gasteiger partial charge in [-0.1, -0.05) is 0 Å². The molecule has 2 aromatic rings. The van der Waals surface area contributed by atoms with Gasteiger partial charge in [-0.3, -0.25) is 51.3 Å². The predicted octanol–water partition coefficient (Wildman–Crippen LogP) is 0.899. The zero-order chi connectivity index (χ0) is 27.0. The Labute approximate surface area is 198 Å². The Hall–Kier alpha value is -5.14. The van der Waals surface area contributed by atoms with Crippen molar-refractivity contribution in [3.63, 3.8) is 0 Å². The Morgan fingerprint density at radius 3 is 1.72 bits per heavy atom. The minimum Gasteiger partial charge on any atom is -0.394 e. The number of aliphatic hydroxyl groups is 3. The standard InChI is InChI=1S/C17H16N8O11/c26-8-16(27)17(28)13(21-20-12-4-2-10(23(31)32)6-15(12)25(35)36)7-18-19-11-3-1-9(22(29)30)5-14(11)24(33)34/h1-7,16-17,19-20,26-28H,8H2. The number of nitro groups is 4. The Morgan fingerprint density at radius 2 is 1.31 bits per heavy atom. The molecule has 0 radical (unpaired) electrons. The van der Waals surface area contributed by atoms with Crippen molar-refractivity contribution in [1.29, 1.82) is 0 Å². The number of hydrazone groups is 2. The molecule has 36 heavy (non-hydrogen) atoms. The average molecular weight is 508 g/mol. The molecule has 2 aromatic carbocycles. The van der Waals surface area contributed by atoms with Crippen molar-refractivity contribution in [3.05, 3.63) is 76.9 Å². The molecular formula is C17H16N8O11. The van der Waals surface area contributed by atoms with Gasteiger partial charge in [-0.15, -0.1) is 0 Å². The molecule has 2 rings (SSSR count). The van der Waals surface area contributed by atoms with Gasteiger partial charge in [0, 0.05) is 12.1 Å². The van der Waals surface area contributed by atoms with Gasteiger partial charge in [-0.25, -0.2) is 0 Å². The number of nitrogens with one attached hydrogen (secondary N) is 2. The van der Waals surface area contributed by atoms with Crippen LogP contribution in [0.2, 0.25) is 0 Å². The summed E-state index contributed by atoms with van der Waals surface area (Å²) in [4.78, 5) is 40.6. The number of nitrogens with zero attached hydrogens (tertiary/aromatic N) is 6. The van der Waals surface area contributed by atoms with Crippen LogP contribution in [0.25, 0.3) is 0 Å². The molecule has 5 N–H and O–H groups in total. The van der Waals surface area contributed by atoms with E-state index < -0.39 is 67.0 Å². The van der Waals surface area contributed by atoms with E-state index in [4.69, 9.17) is 5.11 Å². The van der Waals surface area contributed by atoms with Crippen LogP contribution in [-0.2, 0) is 0 Å². The summed E-state index contributed by atoms with van der Waals surface area (Å²) in [5.74, 6) is 0. The molecule has 0 heterocycles. The van der Waals surface area contributed by atoms with E-state index in [1.165, 1.54) is 0 Å². The third kappa shape index (κ3) is 6.69. The summed E-state index contributed by atoms with van der Waals surface area (Å²) in [5, 5.41) is 80.4. The number of hydrogen-bond acceptors (Lipinski definition) is 15. The second-order valence-electron chi connectivity index (χ2n) is 6.64. The lowest BCUT2D eigenvalue weighted by molar-refractivity contribution is -0.393. The number of benzene rings is 2. The largest absolute Gasteiger partial charge is 0.394 e.